The van der Waals surface area contributed by atoms with Gasteiger partial charge in [-0.3, -0.25) is 0 Å². The van der Waals surface area contributed by atoms with E-state index in [9.17, 15) is 0 Å². The van der Waals surface area contributed by atoms with Gasteiger partial charge in [0.05, 0.1) is 0 Å². The standard InChI is InChI=1S/C20H32N4O.3ClH/c1-13(2)22-9-4-5-10-23-17-8-6-7-15-11-19-18(12-16(15)17)24-20(21)14(3)25-19;;;/h11-14,17,22-23H,4-10H2,1-3H3,(H2,21,24);3*1H. The van der Waals surface area contributed by atoms with Gasteiger partial charge in [-0.1, -0.05) is 13.8 Å². The number of unbranched alkanes of at least 4 members (excludes halogenated alkanes) is 1. The third-order valence-corrected chi connectivity index (χ3v) is 5.05. The number of fused-ring (bicyclic) bond motifs is 2. The Bertz CT molecular complexity index is 640. The second-order valence-corrected chi connectivity index (χ2v) is 7.53. The van der Waals surface area contributed by atoms with Crippen LogP contribution in [0.3, 0.4) is 0 Å². The Morgan fingerprint density at radius 3 is 2.61 bits per heavy atom. The smallest absolute Gasteiger partial charge is 0.153 e. The lowest BCUT2D eigenvalue weighted by atomic mass is 9.86. The zero-order chi connectivity index (χ0) is 17.8. The molecule has 2 atom stereocenters. The second kappa shape index (κ2) is 12.8. The summed E-state index contributed by atoms with van der Waals surface area (Å²) in [5, 5.41) is 7.22. The molecule has 1 heterocycles. The first-order valence-electron chi connectivity index (χ1n) is 9.69. The summed E-state index contributed by atoms with van der Waals surface area (Å²) in [5.74, 6) is 1.44. The van der Waals surface area contributed by atoms with Crippen molar-refractivity contribution in [2.45, 2.75) is 71.1 Å². The Morgan fingerprint density at radius 1 is 1.18 bits per heavy atom. The first-order valence-corrected chi connectivity index (χ1v) is 9.69. The summed E-state index contributed by atoms with van der Waals surface area (Å²) in [6, 6.07) is 5.35. The summed E-state index contributed by atoms with van der Waals surface area (Å²) in [7, 11) is 0. The third kappa shape index (κ3) is 6.96. The Kier molecular flexibility index (Phi) is 12.4. The molecule has 1 aliphatic heterocycles. The van der Waals surface area contributed by atoms with Crippen molar-refractivity contribution < 1.29 is 4.74 Å². The quantitative estimate of drug-likeness (QED) is 0.533. The van der Waals surface area contributed by atoms with Gasteiger partial charge in [0.25, 0.3) is 0 Å². The third-order valence-electron chi connectivity index (χ3n) is 5.05. The molecule has 162 valence electrons. The van der Waals surface area contributed by atoms with Crippen LogP contribution in [0.25, 0.3) is 0 Å². The summed E-state index contributed by atoms with van der Waals surface area (Å²) in [6.45, 7) is 8.48. The van der Waals surface area contributed by atoms with Gasteiger partial charge in [-0.25, -0.2) is 4.99 Å². The number of benzene rings is 1. The van der Waals surface area contributed by atoms with E-state index in [1.807, 2.05) is 6.92 Å². The number of ether oxygens (including phenoxy) is 1. The maximum absolute atomic E-state index is 5.96. The van der Waals surface area contributed by atoms with Crippen molar-refractivity contribution in [3.63, 3.8) is 0 Å². The molecule has 0 saturated heterocycles. The zero-order valence-corrected chi connectivity index (χ0v) is 19.4. The highest BCUT2D eigenvalue weighted by Gasteiger charge is 2.25. The van der Waals surface area contributed by atoms with E-state index in [1.165, 1.54) is 36.8 Å². The molecule has 3 rings (SSSR count). The number of hydrogen-bond acceptors (Lipinski definition) is 5. The monoisotopic (exact) mass is 452 g/mol. The van der Waals surface area contributed by atoms with Crippen LogP contribution in [0.2, 0.25) is 0 Å². The van der Waals surface area contributed by atoms with Gasteiger partial charge in [0.1, 0.15) is 17.3 Å². The molecule has 0 radical (unpaired) electrons. The van der Waals surface area contributed by atoms with E-state index in [0.717, 1.165) is 30.9 Å². The minimum Gasteiger partial charge on any atom is -0.481 e. The molecule has 8 heteroatoms. The lowest BCUT2D eigenvalue weighted by Gasteiger charge is -2.29. The van der Waals surface area contributed by atoms with Crippen LogP contribution >= 0.6 is 37.2 Å². The molecule has 1 aromatic rings. The van der Waals surface area contributed by atoms with Crippen molar-refractivity contribution in [2.75, 3.05) is 13.1 Å². The van der Waals surface area contributed by atoms with Gasteiger partial charge in [0.2, 0.25) is 0 Å². The van der Waals surface area contributed by atoms with E-state index in [-0.39, 0.29) is 43.3 Å². The van der Waals surface area contributed by atoms with Crippen LogP contribution in [0.1, 0.15) is 63.6 Å². The first-order chi connectivity index (χ1) is 12.0. The fraction of sp³-hybridized carbons (Fsp3) is 0.650. The van der Waals surface area contributed by atoms with Gasteiger partial charge in [0, 0.05) is 12.1 Å². The molecule has 0 saturated carbocycles. The SMILES string of the molecule is CC(C)NCCCCNC1CCCc2cc3c(cc21)N=C(N)C(C)O3.Cl.Cl.Cl. The van der Waals surface area contributed by atoms with Crippen molar-refractivity contribution in [1.82, 2.24) is 10.6 Å². The van der Waals surface area contributed by atoms with Crippen LogP contribution in [-0.4, -0.2) is 31.1 Å². The van der Waals surface area contributed by atoms with Crippen LogP contribution in [0, 0.1) is 0 Å². The number of nitrogens with zero attached hydrogens (tertiary/aromatic N) is 1. The Labute approximate surface area is 187 Å². The lowest BCUT2D eigenvalue weighted by molar-refractivity contribution is 0.281. The topological polar surface area (TPSA) is 71.7 Å². The van der Waals surface area contributed by atoms with E-state index >= 15 is 0 Å². The minimum atomic E-state index is -0.137. The Hall–Kier alpha value is -0.720. The number of aryl methyl sites for hydroxylation is 1. The van der Waals surface area contributed by atoms with E-state index in [1.54, 1.807) is 0 Å². The fourth-order valence-corrected chi connectivity index (χ4v) is 3.61. The van der Waals surface area contributed by atoms with Crippen LogP contribution in [0.5, 0.6) is 5.75 Å². The van der Waals surface area contributed by atoms with E-state index in [2.05, 4.69) is 41.6 Å². The summed E-state index contributed by atoms with van der Waals surface area (Å²) < 4.78 is 5.91. The highest BCUT2D eigenvalue weighted by molar-refractivity contribution is 5.90. The number of nitrogens with two attached hydrogens (primary N) is 1. The summed E-state index contributed by atoms with van der Waals surface area (Å²) in [4.78, 5) is 4.54. The Balaban J connectivity index is 0.00000243. The van der Waals surface area contributed by atoms with Gasteiger partial charge in [-0.2, -0.15) is 0 Å². The summed E-state index contributed by atoms with van der Waals surface area (Å²) in [6.07, 6.45) is 5.80. The normalized spacial score (nSPS) is 19.8. The molecule has 28 heavy (non-hydrogen) atoms. The van der Waals surface area contributed by atoms with Gasteiger partial charge < -0.3 is 21.1 Å². The van der Waals surface area contributed by atoms with Gasteiger partial charge in [-0.05, 0) is 75.4 Å². The highest BCUT2D eigenvalue weighted by Crippen LogP contribution is 2.40. The zero-order valence-electron chi connectivity index (χ0n) is 17.0. The van der Waals surface area contributed by atoms with Crippen LogP contribution in [-0.2, 0) is 6.42 Å². The highest BCUT2D eigenvalue weighted by atomic mass is 35.5. The number of rotatable bonds is 7. The lowest BCUT2D eigenvalue weighted by Crippen LogP contribution is -2.33. The first kappa shape index (κ1) is 27.3. The average molecular weight is 454 g/mol. The molecule has 5 nitrogen and oxygen atoms in total. The second-order valence-electron chi connectivity index (χ2n) is 7.53. The number of nitrogens with one attached hydrogen (secondary N) is 2. The maximum atomic E-state index is 5.96. The molecule has 0 bridgehead atoms. The molecular formula is C20H35Cl3N4O. The van der Waals surface area contributed by atoms with Gasteiger partial charge in [0.15, 0.2) is 6.10 Å². The maximum Gasteiger partial charge on any atom is 0.153 e. The van der Waals surface area contributed by atoms with Gasteiger partial charge >= 0.3 is 0 Å². The number of halogens is 3. The van der Waals surface area contributed by atoms with Gasteiger partial charge in [-0.15, -0.1) is 37.2 Å². The average Bonchev–Trinajstić information content (AvgIpc) is 2.57. The predicted octanol–water partition coefficient (Wildman–Crippen LogP) is 4.47. The van der Waals surface area contributed by atoms with Crippen LogP contribution in [0.15, 0.2) is 17.1 Å². The van der Waals surface area contributed by atoms with Crippen molar-refractivity contribution in [3.8, 4) is 5.75 Å². The van der Waals surface area contributed by atoms with Crippen LogP contribution < -0.4 is 21.1 Å². The molecule has 0 spiro atoms. The number of aliphatic imine (C=N–C) groups is 1. The molecule has 1 aromatic carbocycles. The largest absolute Gasteiger partial charge is 0.481 e. The van der Waals surface area contributed by atoms with Crippen molar-refractivity contribution in [2.24, 2.45) is 10.7 Å². The van der Waals surface area contributed by atoms with Crippen molar-refractivity contribution in [1.29, 1.82) is 0 Å². The molecule has 4 N–H and O–H groups in total. The number of hydrogen-bond donors (Lipinski definition) is 3. The molecule has 0 fully saturated rings. The molecule has 2 unspecified atom stereocenters. The van der Waals surface area contributed by atoms with E-state index in [0.29, 0.717) is 17.9 Å². The molecule has 1 aliphatic carbocycles. The molecule has 0 amide bonds. The van der Waals surface area contributed by atoms with Crippen molar-refractivity contribution in [3.05, 3.63) is 23.3 Å². The molecule has 0 aromatic heterocycles. The molecule has 2 aliphatic rings. The van der Waals surface area contributed by atoms with Crippen molar-refractivity contribution >= 4 is 48.7 Å². The predicted molar refractivity (Wildman–Crippen MR) is 126 cm³/mol. The summed E-state index contributed by atoms with van der Waals surface area (Å²) in [5.41, 5.74) is 9.60. The molecular weight excluding hydrogens is 419 g/mol. The fourth-order valence-electron chi connectivity index (χ4n) is 3.61. The Morgan fingerprint density at radius 2 is 1.89 bits per heavy atom. The van der Waals surface area contributed by atoms with E-state index < -0.39 is 0 Å². The number of amidine groups is 1. The minimum absolute atomic E-state index is 0. The van der Waals surface area contributed by atoms with E-state index in [4.69, 9.17) is 10.5 Å². The van der Waals surface area contributed by atoms with Crippen LogP contribution in [0.4, 0.5) is 5.69 Å². The summed E-state index contributed by atoms with van der Waals surface area (Å²) >= 11 is 0.